The monoisotopic (exact) mass is 272 g/mol. The van der Waals surface area contributed by atoms with Crippen molar-refractivity contribution in [2.75, 3.05) is 6.54 Å². The first-order valence-electron chi connectivity index (χ1n) is 6.19. The highest BCUT2D eigenvalue weighted by Gasteiger charge is 2.22. The first-order valence-corrected chi connectivity index (χ1v) is 6.19. The van der Waals surface area contributed by atoms with E-state index in [0.29, 0.717) is 0 Å². The summed E-state index contributed by atoms with van der Waals surface area (Å²) in [5.41, 5.74) is 1.04. The van der Waals surface area contributed by atoms with Gasteiger partial charge >= 0.3 is 0 Å². The van der Waals surface area contributed by atoms with Gasteiger partial charge < -0.3 is 10.6 Å². The first-order chi connectivity index (χ1) is 8.16. The first kappa shape index (κ1) is 15.0. The number of piperidine rings is 1. The maximum absolute atomic E-state index is 12.0. The van der Waals surface area contributed by atoms with Gasteiger partial charge in [-0.25, -0.2) is 0 Å². The van der Waals surface area contributed by atoms with E-state index >= 15 is 0 Å². The second kappa shape index (κ2) is 6.75. The number of halogens is 1. The minimum absolute atomic E-state index is 0. The molecule has 0 aromatic carbocycles. The molecule has 2 rings (SSSR count). The SMILES string of the molecule is CC(NC(=O)C1CCCCN1)c1cnn(C)c1.Cl. The highest BCUT2D eigenvalue weighted by molar-refractivity contribution is 5.85. The minimum Gasteiger partial charge on any atom is -0.348 e. The van der Waals surface area contributed by atoms with Gasteiger partial charge in [0.1, 0.15) is 0 Å². The van der Waals surface area contributed by atoms with Crippen LogP contribution >= 0.6 is 12.4 Å². The average molecular weight is 273 g/mol. The second-order valence-electron chi connectivity index (χ2n) is 4.68. The Morgan fingerprint density at radius 1 is 1.61 bits per heavy atom. The molecule has 18 heavy (non-hydrogen) atoms. The van der Waals surface area contributed by atoms with E-state index in [1.807, 2.05) is 20.2 Å². The van der Waals surface area contributed by atoms with Crippen LogP contribution < -0.4 is 10.6 Å². The summed E-state index contributed by atoms with van der Waals surface area (Å²) >= 11 is 0. The number of nitrogens with one attached hydrogen (secondary N) is 2. The third-order valence-corrected chi connectivity index (χ3v) is 3.21. The topological polar surface area (TPSA) is 59.0 Å². The van der Waals surface area contributed by atoms with Crippen LogP contribution in [-0.4, -0.2) is 28.3 Å². The van der Waals surface area contributed by atoms with E-state index in [4.69, 9.17) is 0 Å². The Hall–Kier alpha value is -1.07. The van der Waals surface area contributed by atoms with E-state index in [9.17, 15) is 4.79 Å². The molecule has 0 bridgehead atoms. The predicted octanol–water partition coefficient (Wildman–Crippen LogP) is 1.16. The molecule has 5 nitrogen and oxygen atoms in total. The van der Waals surface area contributed by atoms with Crippen LogP contribution in [-0.2, 0) is 11.8 Å². The normalized spacial score (nSPS) is 20.9. The molecule has 2 unspecified atom stereocenters. The molecule has 6 heteroatoms. The van der Waals surface area contributed by atoms with Crippen LogP contribution in [0.2, 0.25) is 0 Å². The maximum Gasteiger partial charge on any atom is 0.237 e. The number of carbonyl (C=O) groups is 1. The van der Waals surface area contributed by atoms with Gasteiger partial charge in [-0.1, -0.05) is 6.42 Å². The molecule has 102 valence electrons. The lowest BCUT2D eigenvalue weighted by atomic mass is 10.0. The van der Waals surface area contributed by atoms with Crippen LogP contribution in [0.4, 0.5) is 0 Å². The van der Waals surface area contributed by atoms with Crippen LogP contribution in [0.1, 0.15) is 37.8 Å². The predicted molar refractivity (Wildman–Crippen MR) is 72.7 cm³/mol. The number of nitrogens with zero attached hydrogens (tertiary/aromatic N) is 2. The van der Waals surface area contributed by atoms with Gasteiger partial charge in [-0.3, -0.25) is 9.48 Å². The molecule has 0 aliphatic carbocycles. The van der Waals surface area contributed by atoms with Gasteiger partial charge in [0.05, 0.1) is 18.3 Å². The highest BCUT2D eigenvalue weighted by Crippen LogP contribution is 2.12. The van der Waals surface area contributed by atoms with Crippen molar-refractivity contribution in [3.8, 4) is 0 Å². The lowest BCUT2D eigenvalue weighted by Gasteiger charge is -2.24. The number of rotatable bonds is 3. The van der Waals surface area contributed by atoms with Crippen molar-refractivity contribution in [3.63, 3.8) is 0 Å². The standard InChI is InChI=1S/C12H20N4O.ClH/c1-9(10-7-14-16(2)8-10)15-12(17)11-5-3-4-6-13-11;/h7-9,11,13H,3-6H2,1-2H3,(H,15,17);1H. The fourth-order valence-electron chi connectivity index (χ4n) is 2.14. The van der Waals surface area contributed by atoms with Crippen molar-refractivity contribution in [3.05, 3.63) is 18.0 Å². The van der Waals surface area contributed by atoms with Gasteiger partial charge in [0.2, 0.25) is 5.91 Å². The van der Waals surface area contributed by atoms with Gasteiger partial charge in [-0.15, -0.1) is 12.4 Å². The van der Waals surface area contributed by atoms with E-state index in [1.54, 1.807) is 10.9 Å². The zero-order chi connectivity index (χ0) is 12.3. The Bertz CT molecular complexity index is 387. The third kappa shape index (κ3) is 3.71. The zero-order valence-corrected chi connectivity index (χ0v) is 11.7. The molecule has 0 spiro atoms. The molecule has 1 amide bonds. The molecule has 2 atom stereocenters. The maximum atomic E-state index is 12.0. The fraction of sp³-hybridized carbons (Fsp3) is 0.667. The van der Waals surface area contributed by atoms with E-state index in [1.165, 1.54) is 6.42 Å². The van der Waals surface area contributed by atoms with Gasteiger partial charge in [-0.05, 0) is 26.3 Å². The Morgan fingerprint density at radius 3 is 2.94 bits per heavy atom. The average Bonchev–Trinajstić information content (AvgIpc) is 2.77. The molecule has 1 aromatic heterocycles. The summed E-state index contributed by atoms with van der Waals surface area (Å²) in [6.07, 6.45) is 6.96. The van der Waals surface area contributed by atoms with E-state index in [2.05, 4.69) is 15.7 Å². The van der Waals surface area contributed by atoms with Crippen LogP contribution in [0.15, 0.2) is 12.4 Å². The molecule has 0 radical (unpaired) electrons. The summed E-state index contributed by atoms with van der Waals surface area (Å²) in [5, 5.41) is 10.4. The van der Waals surface area contributed by atoms with Gasteiger partial charge in [-0.2, -0.15) is 5.10 Å². The molecule has 1 saturated heterocycles. The molecule has 1 aliphatic rings. The van der Waals surface area contributed by atoms with Crippen molar-refractivity contribution in [1.29, 1.82) is 0 Å². The van der Waals surface area contributed by atoms with E-state index < -0.39 is 0 Å². The largest absolute Gasteiger partial charge is 0.348 e. The lowest BCUT2D eigenvalue weighted by Crippen LogP contribution is -2.47. The quantitative estimate of drug-likeness (QED) is 0.868. The molecule has 2 N–H and O–H groups in total. The molecule has 1 aliphatic heterocycles. The molecule has 1 aromatic rings. The second-order valence-corrected chi connectivity index (χ2v) is 4.68. The van der Waals surface area contributed by atoms with Crippen LogP contribution in [0.3, 0.4) is 0 Å². The van der Waals surface area contributed by atoms with Gasteiger partial charge in [0.15, 0.2) is 0 Å². The Labute approximate surface area is 114 Å². The summed E-state index contributed by atoms with van der Waals surface area (Å²) in [6.45, 7) is 2.93. The molecular weight excluding hydrogens is 252 g/mol. The zero-order valence-electron chi connectivity index (χ0n) is 10.8. The van der Waals surface area contributed by atoms with Crippen molar-refractivity contribution < 1.29 is 4.79 Å². The molecule has 0 saturated carbocycles. The van der Waals surface area contributed by atoms with Gasteiger partial charge in [0, 0.05) is 18.8 Å². The summed E-state index contributed by atoms with van der Waals surface area (Å²) in [7, 11) is 1.88. The number of aromatic nitrogens is 2. The molecule has 1 fully saturated rings. The number of hydrogen-bond acceptors (Lipinski definition) is 3. The Balaban J connectivity index is 0.00000162. The highest BCUT2D eigenvalue weighted by atomic mass is 35.5. The summed E-state index contributed by atoms with van der Waals surface area (Å²) in [4.78, 5) is 12.0. The van der Waals surface area contributed by atoms with Crippen LogP contribution in [0.25, 0.3) is 0 Å². The van der Waals surface area contributed by atoms with E-state index in [-0.39, 0.29) is 30.4 Å². The van der Waals surface area contributed by atoms with Gasteiger partial charge in [0.25, 0.3) is 0 Å². The number of amides is 1. The molecule has 2 heterocycles. The summed E-state index contributed by atoms with van der Waals surface area (Å²) < 4.78 is 1.75. The molecular formula is C12H21ClN4O. The van der Waals surface area contributed by atoms with E-state index in [0.717, 1.165) is 24.9 Å². The van der Waals surface area contributed by atoms with Crippen molar-refractivity contribution >= 4 is 18.3 Å². The fourth-order valence-corrected chi connectivity index (χ4v) is 2.14. The van der Waals surface area contributed by atoms with Crippen LogP contribution in [0.5, 0.6) is 0 Å². The Morgan fingerprint density at radius 2 is 2.39 bits per heavy atom. The van der Waals surface area contributed by atoms with Crippen LogP contribution in [0, 0.1) is 0 Å². The lowest BCUT2D eigenvalue weighted by molar-refractivity contribution is -0.124. The van der Waals surface area contributed by atoms with Crippen molar-refractivity contribution in [1.82, 2.24) is 20.4 Å². The Kier molecular flexibility index (Phi) is 5.62. The summed E-state index contributed by atoms with van der Waals surface area (Å²) in [6, 6.07) is -0.0113. The van der Waals surface area contributed by atoms with Crippen molar-refractivity contribution in [2.45, 2.75) is 38.3 Å². The number of hydrogen-bond donors (Lipinski definition) is 2. The van der Waals surface area contributed by atoms with Crippen molar-refractivity contribution in [2.24, 2.45) is 7.05 Å². The summed E-state index contributed by atoms with van der Waals surface area (Å²) in [5.74, 6) is 0.0982. The third-order valence-electron chi connectivity index (χ3n) is 3.21. The smallest absolute Gasteiger partial charge is 0.237 e. The minimum atomic E-state index is -0.0251. The number of aryl methyl sites for hydroxylation is 1. The number of carbonyl (C=O) groups excluding carboxylic acids is 1.